The molecule has 2 atom stereocenters. The molecule has 0 aliphatic carbocycles. The number of nitrogens with zero attached hydrogens (tertiary/aromatic N) is 2. The molecule has 1 N–H and O–H groups in total. The maximum Gasteiger partial charge on any atom is 0.253 e. The number of hydrogen-bond acceptors (Lipinski definition) is 4. The van der Waals surface area contributed by atoms with E-state index in [1.807, 2.05) is 18.7 Å². The third-order valence-electron chi connectivity index (χ3n) is 5.23. The van der Waals surface area contributed by atoms with E-state index < -0.39 is 10.0 Å². The molecule has 0 saturated carbocycles. The Labute approximate surface area is 162 Å². The quantitative estimate of drug-likeness (QED) is 0.820. The third kappa shape index (κ3) is 4.22. The molecule has 1 amide bonds. The highest BCUT2D eigenvalue weighted by atomic mass is 35.5. The first-order valence-corrected chi connectivity index (χ1v) is 10.5. The summed E-state index contributed by atoms with van der Waals surface area (Å²) in [5.41, 5.74) is 0.450. The number of carbonyl (C=O) groups excluding carboxylic acids is 1. The summed E-state index contributed by atoms with van der Waals surface area (Å²) < 4.78 is 26.8. The van der Waals surface area contributed by atoms with Gasteiger partial charge in [-0.25, -0.2) is 8.42 Å². The van der Waals surface area contributed by atoms with Crippen molar-refractivity contribution in [2.75, 3.05) is 26.2 Å². The van der Waals surface area contributed by atoms with Crippen LogP contribution in [0.15, 0.2) is 29.2 Å². The van der Waals surface area contributed by atoms with Gasteiger partial charge in [0, 0.05) is 43.8 Å². The van der Waals surface area contributed by atoms with E-state index in [9.17, 15) is 13.2 Å². The Morgan fingerprint density at radius 2 is 1.88 bits per heavy atom. The zero-order chi connectivity index (χ0) is 18.0. The van der Waals surface area contributed by atoms with Crippen LogP contribution in [0, 0.1) is 0 Å². The molecule has 1 aromatic carbocycles. The molecule has 146 valence electrons. The molecular weight excluding hydrogens is 374 g/mol. The van der Waals surface area contributed by atoms with Gasteiger partial charge in [0.25, 0.3) is 5.91 Å². The van der Waals surface area contributed by atoms with E-state index in [0.29, 0.717) is 37.3 Å². The molecule has 0 radical (unpaired) electrons. The Balaban J connectivity index is 0.00000243. The molecule has 2 fully saturated rings. The highest BCUT2D eigenvalue weighted by Crippen LogP contribution is 2.23. The molecule has 2 bridgehead atoms. The summed E-state index contributed by atoms with van der Waals surface area (Å²) in [6, 6.07) is 7.32. The number of likely N-dealkylation sites (tertiary alicyclic amines) is 1. The van der Waals surface area contributed by atoms with Crippen LogP contribution in [0.25, 0.3) is 0 Å². The summed E-state index contributed by atoms with van der Waals surface area (Å²) in [7, 11) is -3.55. The fourth-order valence-electron chi connectivity index (χ4n) is 3.81. The molecule has 2 unspecified atom stereocenters. The van der Waals surface area contributed by atoms with Crippen LogP contribution in [0.5, 0.6) is 0 Å². The number of rotatable bonds is 5. The molecule has 2 aliphatic heterocycles. The highest BCUT2D eigenvalue weighted by Gasteiger charge is 2.32. The van der Waals surface area contributed by atoms with E-state index in [2.05, 4.69) is 5.32 Å². The standard InChI is InChI=1S/C18H27N3O3S.ClH/c1-3-21(4-2)25(23,24)17-7-5-6-14(12-17)18(22)20-11-10-15-8-9-16(13-20)19-15;/h5-7,12,15-16,19H,3-4,8-11,13H2,1-2H3;1H. The zero-order valence-corrected chi connectivity index (χ0v) is 17.0. The van der Waals surface area contributed by atoms with Gasteiger partial charge in [-0.05, 0) is 37.5 Å². The lowest BCUT2D eigenvalue weighted by Gasteiger charge is -2.25. The number of nitrogens with one attached hydrogen (secondary N) is 1. The van der Waals surface area contributed by atoms with Crippen molar-refractivity contribution in [2.45, 2.75) is 50.1 Å². The second-order valence-corrected chi connectivity index (χ2v) is 8.73. The number of carbonyl (C=O) groups is 1. The van der Waals surface area contributed by atoms with E-state index in [0.717, 1.165) is 19.4 Å². The minimum absolute atomic E-state index is 0. The van der Waals surface area contributed by atoms with E-state index in [4.69, 9.17) is 0 Å². The number of hydrogen-bond donors (Lipinski definition) is 1. The molecule has 0 aromatic heterocycles. The predicted molar refractivity (Wildman–Crippen MR) is 104 cm³/mol. The minimum atomic E-state index is -3.55. The molecule has 8 heteroatoms. The largest absolute Gasteiger partial charge is 0.337 e. The molecule has 0 spiro atoms. The van der Waals surface area contributed by atoms with E-state index in [1.165, 1.54) is 16.8 Å². The second kappa shape index (κ2) is 8.69. The van der Waals surface area contributed by atoms with Gasteiger partial charge in [-0.1, -0.05) is 19.9 Å². The van der Waals surface area contributed by atoms with Crippen molar-refractivity contribution in [3.05, 3.63) is 29.8 Å². The van der Waals surface area contributed by atoms with Gasteiger partial charge >= 0.3 is 0 Å². The summed E-state index contributed by atoms with van der Waals surface area (Å²) in [6.45, 7) is 5.88. The average molecular weight is 402 g/mol. The van der Waals surface area contributed by atoms with Gasteiger partial charge in [0.2, 0.25) is 10.0 Å². The second-order valence-electron chi connectivity index (χ2n) is 6.79. The van der Waals surface area contributed by atoms with Crippen molar-refractivity contribution in [1.29, 1.82) is 0 Å². The van der Waals surface area contributed by atoms with Gasteiger partial charge < -0.3 is 10.2 Å². The third-order valence-corrected chi connectivity index (χ3v) is 7.28. The molecule has 3 rings (SSSR count). The lowest BCUT2D eigenvalue weighted by Crippen LogP contribution is -2.39. The molecular formula is C18H28ClN3O3S. The van der Waals surface area contributed by atoms with E-state index in [-0.39, 0.29) is 23.2 Å². The fourth-order valence-corrected chi connectivity index (χ4v) is 5.32. The number of benzene rings is 1. The topological polar surface area (TPSA) is 69.7 Å². The van der Waals surface area contributed by atoms with Crippen LogP contribution in [0.3, 0.4) is 0 Å². The van der Waals surface area contributed by atoms with E-state index >= 15 is 0 Å². The monoisotopic (exact) mass is 401 g/mol. The van der Waals surface area contributed by atoms with Crippen molar-refractivity contribution in [1.82, 2.24) is 14.5 Å². The first kappa shape index (κ1) is 21.2. The Bertz CT molecular complexity index is 737. The summed E-state index contributed by atoms with van der Waals surface area (Å²) in [5, 5.41) is 3.56. The van der Waals surface area contributed by atoms with Crippen LogP contribution >= 0.6 is 12.4 Å². The normalized spacial score (nSPS) is 22.8. The molecule has 6 nitrogen and oxygen atoms in total. The average Bonchev–Trinajstić information content (AvgIpc) is 2.94. The maximum absolute atomic E-state index is 12.9. The van der Waals surface area contributed by atoms with Gasteiger partial charge in [-0.15, -0.1) is 12.4 Å². The highest BCUT2D eigenvalue weighted by molar-refractivity contribution is 7.89. The maximum atomic E-state index is 12.9. The molecule has 2 heterocycles. The molecule has 1 aromatic rings. The number of halogens is 1. The van der Waals surface area contributed by atoms with Crippen LogP contribution in [-0.2, 0) is 10.0 Å². The molecule has 26 heavy (non-hydrogen) atoms. The van der Waals surface area contributed by atoms with Gasteiger partial charge in [0.1, 0.15) is 0 Å². The summed E-state index contributed by atoms with van der Waals surface area (Å²) in [5.74, 6) is -0.0778. The predicted octanol–water partition coefficient (Wildman–Crippen LogP) is 2.11. The summed E-state index contributed by atoms with van der Waals surface area (Å²) in [6.07, 6.45) is 3.24. The number of sulfonamides is 1. The first-order valence-electron chi connectivity index (χ1n) is 9.11. The van der Waals surface area contributed by atoms with Crippen LogP contribution < -0.4 is 5.32 Å². The molecule has 2 saturated heterocycles. The van der Waals surface area contributed by atoms with Crippen LogP contribution in [0.1, 0.15) is 43.5 Å². The van der Waals surface area contributed by atoms with Gasteiger partial charge in [0.15, 0.2) is 0 Å². The molecule has 2 aliphatic rings. The SMILES string of the molecule is CCN(CC)S(=O)(=O)c1cccc(C(=O)N2CCC3CCC(C2)N3)c1.Cl. The van der Waals surface area contributed by atoms with Crippen LogP contribution in [0.2, 0.25) is 0 Å². The van der Waals surface area contributed by atoms with Crippen LogP contribution in [-0.4, -0.2) is 61.8 Å². The Morgan fingerprint density at radius 1 is 1.19 bits per heavy atom. The van der Waals surface area contributed by atoms with Gasteiger partial charge in [0.05, 0.1) is 4.90 Å². The Hall–Kier alpha value is -1.15. The lowest BCUT2D eigenvalue weighted by atomic mass is 10.1. The van der Waals surface area contributed by atoms with Crippen molar-refractivity contribution in [3.8, 4) is 0 Å². The van der Waals surface area contributed by atoms with Crippen LogP contribution in [0.4, 0.5) is 0 Å². The van der Waals surface area contributed by atoms with Crippen molar-refractivity contribution < 1.29 is 13.2 Å². The van der Waals surface area contributed by atoms with Crippen molar-refractivity contribution in [2.24, 2.45) is 0 Å². The van der Waals surface area contributed by atoms with Gasteiger partial charge in [-0.2, -0.15) is 4.31 Å². The van der Waals surface area contributed by atoms with E-state index in [1.54, 1.807) is 18.2 Å². The number of fused-ring (bicyclic) bond motifs is 2. The zero-order valence-electron chi connectivity index (χ0n) is 15.3. The number of amides is 1. The lowest BCUT2D eigenvalue weighted by molar-refractivity contribution is 0.0748. The smallest absolute Gasteiger partial charge is 0.253 e. The summed E-state index contributed by atoms with van der Waals surface area (Å²) in [4.78, 5) is 15.0. The Morgan fingerprint density at radius 3 is 2.58 bits per heavy atom. The Kier molecular flexibility index (Phi) is 7.07. The fraction of sp³-hybridized carbons (Fsp3) is 0.611. The van der Waals surface area contributed by atoms with Gasteiger partial charge in [-0.3, -0.25) is 4.79 Å². The summed E-state index contributed by atoms with van der Waals surface area (Å²) >= 11 is 0. The van der Waals surface area contributed by atoms with Crippen molar-refractivity contribution in [3.63, 3.8) is 0 Å². The van der Waals surface area contributed by atoms with Crippen molar-refractivity contribution >= 4 is 28.3 Å². The minimum Gasteiger partial charge on any atom is -0.337 e. The first-order chi connectivity index (χ1) is 12.0.